The molecule has 1 aromatic carbocycles. The smallest absolute Gasteiger partial charge is 0.326 e. The van der Waals surface area contributed by atoms with Crippen molar-refractivity contribution in [2.75, 3.05) is 13.2 Å². The molecule has 0 saturated heterocycles. The third-order valence-electron chi connectivity index (χ3n) is 4.61. The van der Waals surface area contributed by atoms with Gasteiger partial charge in [0.05, 0.1) is 16.6 Å². The number of esters is 1. The number of nitriles is 1. The number of hydrogen-bond acceptors (Lipinski definition) is 8. The first kappa shape index (κ1) is 21.5. The molecule has 0 aliphatic carbocycles. The lowest BCUT2D eigenvalue weighted by molar-refractivity contribution is -0.385. The number of nitrogens with zero attached hydrogens (tertiary/aromatic N) is 3. The third kappa shape index (κ3) is 4.21. The zero-order valence-corrected chi connectivity index (χ0v) is 15.9. The van der Waals surface area contributed by atoms with Crippen LogP contribution in [0.2, 0.25) is 0 Å². The molecule has 0 bridgehead atoms. The summed E-state index contributed by atoms with van der Waals surface area (Å²) in [6, 6.07) is 5.55. The van der Waals surface area contributed by atoms with E-state index in [1.54, 1.807) is 13.8 Å². The number of nitrogens with one attached hydrogen (secondary N) is 1. The molecule has 29 heavy (non-hydrogen) atoms. The van der Waals surface area contributed by atoms with E-state index in [1.807, 2.05) is 6.07 Å². The molecule has 3 amide bonds. The third-order valence-corrected chi connectivity index (χ3v) is 4.61. The van der Waals surface area contributed by atoms with E-state index in [-0.39, 0.29) is 11.5 Å². The predicted molar refractivity (Wildman–Crippen MR) is 96.4 cm³/mol. The van der Waals surface area contributed by atoms with E-state index in [0.717, 1.165) is 6.07 Å². The van der Waals surface area contributed by atoms with Gasteiger partial charge in [-0.25, -0.2) is 0 Å². The molecule has 0 fully saturated rings. The van der Waals surface area contributed by atoms with Crippen LogP contribution in [0.1, 0.15) is 41.5 Å². The topological polar surface area (TPSA) is 160 Å². The van der Waals surface area contributed by atoms with Gasteiger partial charge < -0.3 is 10.1 Å². The van der Waals surface area contributed by atoms with Gasteiger partial charge in [-0.3, -0.25) is 34.2 Å². The van der Waals surface area contributed by atoms with Crippen LogP contribution in [0.3, 0.4) is 0 Å². The van der Waals surface area contributed by atoms with Gasteiger partial charge in [-0.15, -0.1) is 0 Å². The van der Waals surface area contributed by atoms with Crippen LogP contribution in [-0.2, 0) is 14.3 Å². The number of ether oxygens (including phenoxy) is 1. The highest BCUT2D eigenvalue weighted by atomic mass is 16.6. The van der Waals surface area contributed by atoms with Crippen molar-refractivity contribution in [3.63, 3.8) is 0 Å². The van der Waals surface area contributed by atoms with E-state index in [2.05, 4.69) is 5.32 Å². The van der Waals surface area contributed by atoms with Crippen LogP contribution in [-0.4, -0.2) is 52.2 Å². The quantitative estimate of drug-likeness (QED) is 0.303. The Bertz CT molecular complexity index is 950. The Morgan fingerprint density at radius 3 is 2.55 bits per heavy atom. The molecule has 1 heterocycles. The number of amides is 3. The fraction of sp³-hybridized carbons (Fsp3) is 0.389. The summed E-state index contributed by atoms with van der Waals surface area (Å²) >= 11 is 0. The molecule has 1 atom stereocenters. The first-order valence-electron chi connectivity index (χ1n) is 8.53. The zero-order valence-electron chi connectivity index (χ0n) is 15.9. The van der Waals surface area contributed by atoms with Crippen LogP contribution in [0.15, 0.2) is 18.2 Å². The number of carbonyl (C=O) groups is 4. The Morgan fingerprint density at radius 1 is 1.34 bits per heavy atom. The number of hydrogen-bond donors (Lipinski definition) is 1. The monoisotopic (exact) mass is 402 g/mol. The minimum Gasteiger partial charge on any atom is -0.454 e. The zero-order chi connectivity index (χ0) is 21.9. The largest absolute Gasteiger partial charge is 0.454 e. The van der Waals surface area contributed by atoms with Gasteiger partial charge in [-0.2, -0.15) is 5.26 Å². The molecular formula is C18H18N4O7. The van der Waals surface area contributed by atoms with Crippen molar-refractivity contribution in [2.45, 2.75) is 26.3 Å². The second-order valence-corrected chi connectivity index (χ2v) is 6.83. The van der Waals surface area contributed by atoms with Crippen molar-refractivity contribution in [3.8, 4) is 6.07 Å². The van der Waals surface area contributed by atoms with E-state index >= 15 is 0 Å². The van der Waals surface area contributed by atoms with E-state index in [4.69, 9.17) is 4.74 Å². The molecule has 1 aromatic rings. The summed E-state index contributed by atoms with van der Waals surface area (Å²) in [5.41, 5.74) is -2.28. The summed E-state index contributed by atoms with van der Waals surface area (Å²) in [5, 5.41) is 22.7. The van der Waals surface area contributed by atoms with Crippen molar-refractivity contribution in [2.24, 2.45) is 5.92 Å². The van der Waals surface area contributed by atoms with Gasteiger partial charge in [-0.05, 0) is 18.9 Å². The van der Waals surface area contributed by atoms with Crippen LogP contribution in [0, 0.1) is 27.4 Å². The van der Waals surface area contributed by atoms with Crippen molar-refractivity contribution < 1.29 is 28.8 Å². The normalized spacial score (nSPS) is 14.8. The summed E-state index contributed by atoms with van der Waals surface area (Å²) in [4.78, 5) is 59.4. The molecule has 0 spiro atoms. The second kappa shape index (κ2) is 8.05. The number of imide groups is 1. The molecule has 0 radical (unpaired) electrons. The van der Waals surface area contributed by atoms with Crippen molar-refractivity contribution >= 4 is 29.4 Å². The van der Waals surface area contributed by atoms with Crippen LogP contribution < -0.4 is 5.32 Å². The van der Waals surface area contributed by atoms with Crippen molar-refractivity contribution in [1.29, 1.82) is 5.26 Å². The Kier molecular flexibility index (Phi) is 5.97. The number of carbonyl (C=O) groups excluding carboxylic acids is 4. The maximum atomic E-state index is 12.4. The van der Waals surface area contributed by atoms with Gasteiger partial charge >= 0.3 is 5.97 Å². The molecule has 0 unspecified atom stereocenters. The molecular weight excluding hydrogens is 384 g/mol. The highest BCUT2D eigenvalue weighted by Crippen LogP contribution is 2.30. The van der Waals surface area contributed by atoms with E-state index < -0.39 is 58.6 Å². The van der Waals surface area contributed by atoms with Gasteiger partial charge in [-0.1, -0.05) is 19.9 Å². The lowest BCUT2D eigenvalue weighted by Crippen LogP contribution is -2.50. The molecule has 0 aromatic heterocycles. The molecule has 11 heteroatoms. The summed E-state index contributed by atoms with van der Waals surface area (Å²) in [6.45, 7) is 3.46. The fourth-order valence-corrected chi connectivity index (χ4v) is 2.56. The second-order valence-electron chi connectivity index (χ2n) is 6.83. The van der Waals surface area contributed by atoms with Gasteiger partial charge in [0.15, 0.2) is 6.61 Å². The Balaban J connectivity index is 2.02. The molecule has 1 aliphatic rings. The van der Waals surface area contributed by atoms with Gasteiger partial charge in [0, 0.05) is 6.07 Å². The Morgan fingerprint density at radius 2 is 2.00 bits per heavy atom. The average Bonchev–Trinajstić information content (AvgIpc) is 2.91. The average molecular weight is 402 g/mol. The lowest BCUT2D eigenvalue weighted by atomic mass is 9.90. The molecule has 2 rings (SSSR count). The number of fused-ring (bicyclic) bond motifs is 1. The van der Waals surface area contributed by atoms with E-state index in [9.17, 15) is 34.6 Å². The Hall–Kier alpha value is -3.81. The van der Waals surface area contributed by atoms with Gasteiger partial charge in [0.25, 0.3) is 23.4 Å². The standard InChI is InChI=1S/C18H18N4O7/c1-10(2)18(3,9-19)20-13(23)8-29-14(24)7-21-16(25)11-5-4-6-12(22(27)28)15(11)17(21)26/h4-6,10H,7-8H2,1-3H3,(H,20,23)/t18-/m0/s1. The first-order chi connectivity index (χ1) is 13.5. The minimum absolute atomic E-state index is 0.184. The first-order valence-corrected chi connectivity index (χ1v) is 8.53. The van der Waals surface area contributed by atoms with Crippen LogP contribution in [0.5, 0.6) is 0 Å². The number of nitro groups is 1. The summed E-state index contributed by atoms with van der Waals surface area (Å²) in [7, 11) is 0. The summed E-state index contributed by atoms with van der Waals surface area (Å²) < 4.78 is 4.77. The number of rotatable bonds is 7. The maximum Gasteiger partial charge on any atom is 0.326 e. The van der Waals surface area contributed by atoms with Gasteiger partial charge in [0.1, 0.15) is 17.6 Å². The molecule has 1 aliphatic heterocycles. The lowest BCUT2D eigenvalue weighted by Gasteiger charge is -2.27. The van der Waals surface area contributed by atoms with E-state index in [1.165, 1.54) is 19.1 Å². The van der Waals surface area contributed by atoms with E-state index in [0.29, 0.717) is 4.90 Å². The SMILES string of the molecule is CC(C)[C@](C)(C#N)NC(=O)COC(=O)CN1C(=O)c2cccc([N+](=O)[O-])c2C1=O. The van der Waals surface area contributed by atoms with Crippen molar-refractivity contribution in [1.82, 2.24) is 10.2 Å². The van der Waals surface area contributed by atoms with Crippen molar-refractivity contribution in [3.05, 3.63) is 39.4 Å². The highest BCUT2D eigenvalue weighted by Gasteiger charge is 2.42. The summed E-state index contributed by atoms with van der Waals surface area (Å²) in [5.74, 6) is -3.85. The van der Waals surface area contributed by atoms with Gasteiger partial charge in [0.2, 0.25) is 0 Å². The number of benzene rings is 1. The van der Waals surface area contributed by atoms with Crippen LogP contribution in [0.4, 0.5) is 5.69 Å². The highest BCUT2D eigenvalue weighted by molar-refractivity contribution is 6.24. The molecule has 11 nitrogen and oxygen atoms in total. The Labute approximate surface area is 165 Å². The molecule has 0 saturated carbocycles. The number of nitro benzene ring substituents is 1. The fourth-order valence-electron chi connectivity index (χ4n) is 2.56. The van der Waals surface area contributed by atoms with Crippen LogP contribution in [0.25, 0.3) is 0 Å². The van der Waals surface area contributed by atoms with Crippen LogP contribution >= 0.6 is 0 Å². The molecule has 152 valence electrons. The minimum atomic E-state index is -1.16. The maximum absolute atomic E-state index is 12.4. The summed E-state index contributed by atoms with van der Waals surface area (Å²) in [6.07, 6.45) is 0. The predicted octanol–water partition coefficient (Wildman–Crippen LogP) is 0.788. The molecule has 1 N–H and O–H groups in total.